The van der Waals surface area contributed by atoms with Gasteiger partial charge in [-0.2, -0.15) is 0 Å². The Morgan fingerprint density at radius 3 is 2.24 bits per heavy atom. The van der Waals surface area contributed by atoms with Crippen LogP contribution in [0.4, 0.5) is 0 Å². The van der Waals surface area contributed by atoms with E-state index in [1.165, 1.54) is 25.7 Å². The second-order valence-electron chi connectivity index (χ2n) is 4.50. The summed E-state index contributed by atoms with van der Waals surface area (Å²) in [5.74, 6) is 0. The molecular weight excluding hydrogens is 218 g/mol. The fourth-order valence-corrected chi connectivity index (χ4v) is 2.54. The molecule has 1 N–H and O–H groups in total. The monoisotopic (exact) mass is 245 g/mol. The highest BCUT2D eigenvalue weighted by atomic mass is 16.7. The standard InChI is InChI=1S/C13H27NO3/c1-3-16-13(17-4-2)11-14(9-10-15)12-7-5-6-8-12/h12-13,15H,3-11H2,1-2H3. The summed E-state index contributed by atoms with van der Waals surface area (Å²) in [6, 6.07) is 0.602. The summed E-state index contributed by atoms with van der Waals surface area (Å²) in [5, 5.41) is 9.15. The van der Waals surface area contributed by atoms with E-state index in [9.17, 15) is 0 Å². The quantitative estimate of drug-likeness (QED) is 0.627. The molecule has 0 saturated heterocycles. The van der Waals surface area contributed by atoms with Gasteiger partial charge in [-0.15, -0.1) is 0 Å². The van der Waals surface area contributed by atoms with Crippen LogP contribution in [0.2, 0.25) is 0 Å². The molecule has 4 nitrogen and oxygen atoms in total. The molecule has 0 bridgehead atoms. The molecule has 0 heterocycles. The molecule has 4 heteroatoms. The van der Waals surface area contributed by atoms with Crippen LogP contribution in [0.1, 0.15) is 39.5 Å². The van der Waals surface area contributed by atoms with Gasteiger partial charge in [0, 0.05) is 32.3 Å². The molecule has 1 rings (SSSR count). The number of ether oxygens (including phenoxy) is 2. The predicted octanol–water partition coefficient (Wildman–Crippen LogP) is 1.62. The molecule has 0 spiro atoms. The molecule has 0 atom stereocenters. The highest BCUT2D eigenvalue weighted by Gasteiger charge is 2.24. The Labute approximate surface area is 105 Å². The van der Waals surface area contributed by atoms with Gasteiger partial charge in [-0.25, -0.2) is 0 Å². The Morgan fingerprint density at radius 2 is 1.76 bits per heavy atom. The largest absolute Gasteiger partial charge is 0.395 e. The van der Waals surface area contributed by atoms with E-state index >= 15 is 0 Å². The van der Waals surface area contributed by atoms with E-state index in [4.69, 9.17) is 14.6 Å². The minimum Gasteiger partial charge on any atom is -0.395 e. The summed E-state index contributed by atoms with van der Waals surface area (Å²) < 4.78 is 11.1. The lowest BCUT2D eigenvalue weighted by Crippen LogP contribution is -2.42. The van der Waals surface area contributed by atoms with Crippen LogP contribution in [0.3, 0.4) is 0 Å². The lowest BCUT2D eigenvalue weighted by Gasteiger charge is -2.31. The normalized spacial score (nSPS) is 17.5. The number of hydrogen-bond acceptors (Lipinski definition) is 4. The maximum atomic E-state index is 9.15. The van der Waals surface area contributed by atoms with Crippen LogP contribution in [0.15, 0.2) is 0 Å². The summed E-state index contributed by atoms with van der Waals surface area (Å²) >= 11 is 0. The van der Waals surface area contributed by atoms with Crippen molar-refractivity contribution in [3.63, 3.8) is 0 Å². The smallest absolute Gasteiger partial charge is 0.170 e. The molecule has 0 aromatic heterocycles. The zero-order valence-corrected chi connectivity index (χ0v) is 11.2. The van der Waals surface area contributed by atoms with Crippen molar-refractivity contribution < 1.29 is 14.6 Å². The number of aliphatic hydroxyl groups is 1. The Kier molecular flexibility index (Phi) is 7.77. The van der Waals surface area contributed by atoms with Gasteiger partial charge in [0.1, 0.15) is 0 Å². The van der Waals surface area contributed by atoms with Crippen molar-refractivity contribution in [1.82, 2.24) is 4.90 Å². The topological polar surface area (TPSA) is 41.9 Å². The van der Waals surface area contributed by atoms with Crippen LogP contribution in [-0.4, -0.2) is 55.2 Å². The van der Waals surface area contributed by atoms with E-state index in [0.29, 0.717) is 19.3 Å². The van der Waals surface area contributed by atoms with Gasteiger partial charge in [0.2, 0.25) is 0 Å². The maximum Gasteiger partial charge on any atom is 0.170 e. The van der Waals surface area contributed by atoms with Gasteiger partial charge in [-0.05, 0) is 26.7 Å². The summed E-state index contributed by atoms with van der Waals surface area (Å²) in [5.41, 5.74) is 0. The predicted molar refractivity (Wildman–Crippen MR) is 68.0 cm³/mol. The van der Waals surface area contributed by atoms with Crippen molar-refractivity contribution >= 4 is 0 Å². The minimum atomic E-state index is -0.155. The van der Waals surface area contributed by atoms with Crippen LogP contribution in [-0.2, 0) is 9.47 Å². The average Bonchev–Trinajstić information content (AvgIpc) is 2.82. The number of nitrogens with zero attached hydrogens (tertiary/aromatic N) is 1. The molecule has 1 saturated carbocycles. The summed E-state index contributed by atoms with van der Waals surface area (Å²) in [6.07, 6.45) is 4.94. The molecule has 0 aromatic rings. The van der Waals surface area contributed by atoms with E-state index in [1.807, 2.05) is 13.8 Å². The fourth-order valence-electron chi connectivity index (χ4n) is 2.54. The molecule has 1 fully saturated rings. The van der Waals surface area contributed by atoms with Crippen molar-refractivity contribution in [2.75, 3.05) is 32.9 Å². The van der Waals surface area contributed by atoms with Crippen molar-refractivity contribution in [3.8, 4) is 0 Å². The highest BCUT2D eigenvalue weighted by molar-refractivity contribution is 4.78. The van der Waals surface area contributed by atoms with Crippen molar-refractivity contribution in [1.29, 1.82) is 0 Å². The average molecular weight is 245 g/mol. The Balaban J connectivity index is 2.43. The fraction of sp³-hybridized carbons (Fsp3) is 1.00. The van der Waals surface area contributed by atoms with Crippen LogP contribution in [0.5, 0.6) is 0 Å². The van der Waals surface area contributed by atoms with Crippen molar-refractivity contribution in [3.05, 3.63) is 0 Å². The zero-order valence-electron chi connectivity index (χ0n) is 11.2. The van der Waals surface area contributed by atoms with Crippen LogP contribution >= 0.6 is 0 Å². The molecular formula is C13H27NO3. The third kappa shape index (κ3) is 5.34. The molecule has 1 aliphatic rings. The lowest BCUT2D eigenvalue weighted by atomic mass is 10.2. The molecule has 1 aliphatic carbocycles. The molecule has 17 heavy (non-hydrogen) atoms. The third-order valence-electron chi connectivity index (χ3n) is 3.32. The summed E-state index contributed by atoms with van der Waals surface area (Å²) in [4.78, 5) is 2.32. The first-order chi connectivity index (χ1) is 8.31. The van der Waals surface area contributed by atoms with Gasteiger partial charge in [-0.3, -0.25) is 4.90 Å². The van der Waals surface area contributed by atoms with E-state index in [-0.39, 0.29) is 12.9 Å². The molecule has 0 aliphatic heterocycles. The van der Waals surface area contributed by atoms with Crippen LogP contribution < -0.4 is 0 Å². The minimum absolute atomic E-state index is 0.155. The van der Waals surface area contributed by atoms with Crippen molar-refractivity contribution in [2.24, 2.45) is 0 Å². The number of hydrogen-bond donors (Lipinski definition) is 1. The van der Waals surface area contributed by atoms with E-state index in [0.717, 1.165) is 13.1 Å². The summed E-state index contributed by atoms with van der Waals surface area (Å²) in [6.45, 7) is 7.01. The Bertz CT molecular complexity index is 178. The third-order valence-corrected chi connectivity index (χ3v) is 3.32. The Morgan fingerprint density at radius 1 is 1.18 bits per heavy atom. The zero-order chi connectivity index (χ0) is 12.5. The van der Waals surface area contributed by atoms with Crippen LogP contribution in [0.25, 0.3) is 0 Å². The van der Waals surface area contributed by atoms with E-state index in [2.05, 4.69) is 4.90 Å². The van der Waals surface area contributed by atoms with Gasteiger partial charge in [-0.1, -0.05) is 12.8 Å². The van der Waals surface area contributed by atoms with Gasteiger partial charge >= 0.3 is 0 Å². The SMILES string of the molecule is CCOC(CN(CCO)C1CCCC1)OCC. The van der Waals surface area contributed by atoms with Crippen LogP contribution in [0, 0.1) is 0 Å². The van der Waals surface area contributed by atoms with Gasteiger partial charge in [0.25, 0.3) is 0 Å². The van der Waals surface area contributed by atoms with Crippen molar-refractivity contribution in [2.45, 2.75) is 51.9 Å². The highest BCUT2D eigenvalue weighted by Crippen LogP contribution is 2.23. The molecule has 0 amide bonds. The van der Waals surface area contributed by atoms with E-state index in [1.54, 1.807) is 0 Å². The summed E-state index contributed by atoms with van der Waals surface area (Å²) in [7, 11) is 0. The number of aliphatic hydroxyl groups excluding tert-OH is 1. The molecule has 0 unspecified atom stereocenters. The second kappa shape index (κ2) is 8.86. The van der Waals surface area contributed by atoms with Gasteiger partial charge in [0.05, 0.1) is 6.61 Å². The number of rotatable bonds is 9. The second-order valence-corrected chi connectivity index (χ2v) is 4.50. The first-order valence-corrected chi connectivity index (χ1v) is 6.89. The lowest BCUT2D eigenvalue weighted by molar-refractivity contribution is -0.151. The molecule has 102 valence electrons. The first kappa shape index (κ1) is 14.9. The molecule has 0 radical (unpaired) electrons. The van der Waals surface area contributed by atoms with Gasteiger partial charge in [0.15, 0.2) is 6.29 Å². The van der Waals surface area contributed by atoms with Gasteiger partial charge < -0.3 is 14.6 Å². The molecule has 0 aromatic carbocycles. The Hall–Kier alpha value is -0.160. The van der Waals surface area contributed by atoms with E-state index < -0.39 is 0 Å². The first-order valence-electron chi connectivity index (χ1n) is 6.89. The maximum absolute atomic E-state index is 9.15.